The maximum absolute atomic E-state index is 12.7. The molecule has 3 rings (SSSR count). The zero-order chi connectivity index (χ0) is 25.2. The minimum absolute atomic E-state index is 0.0622. The number of thioether (sulfide) groups is 2. The summed E-state index contributed by atoms with van der Waals surface area (Å²) >= 11 is 3.04. The number of rotatable bonds is 12. The lowest BCUT2D eigenvalue weighted by Crippen LogP contribution is -2.63. The molecule has 0 aromatic heterocycles. The SMILES string of the molecule is CCN(OC)C(=O)C(COC)SC[C@@H]1C[C@H](SC2=C(C(=O)O)N3C(=O)[C@H]([C@@H](C)O)[C@H]3[C@H]2C)CN1. The summed E-state index contributed by atoms with van der Waals surface area (Å²) in [5, 5.41) is 24.4. The molecular formula is C22H35N3O7S2. The lowest BCUT2D eigenvalue weighted by Gasteiger charge is -2.46. The molecule has 0 radical (unpaired) electrons. The van der Waals surface area contributed by atoms with Crippen LogP contribution in [-0.2, 0) is 24.0 Å². The summed E-state index contributed by atoms with van der Waals surface area (Å²) in [6.45, 7) is 6.81. The Labute approximate surface area is 208 Å². The van der Waals surface area contributed by atoms with Gasteiger partial charge in [-0.15, -0.1) is 23.5 Å². The van der Waals surface area contributed by atoms with Crippen molar-refractivity contribution >= 4 is 41.3 Å². The van der Waals surface area contributed by atoms with E-state index in [-0.39, 0.29) is 52.6 Å². The Kier molecular flexibility index (Phi) is 9.32. The van der Waals surface area contributed by atoms with Crippen molar-refractivity contribution in [3.05, 3.63) is 10.6 Å². The summed E-state index contributed by atoms with van der Waals surface area (Å²) in [4.78, 5) is 44.4. The number of hydrogen-bond donors (Lipinski definition) is 3. The van der Waals surface area contributed by atoms with Crippen molar-refractivity contribution in [1.29, 1.82) is 0 Å². The van der Waals surface area contributed by atoms with E-state index in [9.17, 15) is 24.6 Å². The number of fused-ring (bicyclic) bond motifs is 1. The average molecular weight is 518 g/mol. The van der Waals surface area contributed by atoms with E-state index >= 15 is 0 Å². The molecule has 2 amide bonds. The second kappa shape index (κ2) is 11.6. The van der Waals surface area contributed by atoms with Gasteiger partial charge in [-0.1, -0.05) is 6.92 Å². The molecule has 7 atom stereocenters. The monoisotopic (exact) mass is 517 g/mol. The quantitative estimate of drug-likeness (QED) is 0.252. The molecule has 12 heteroatoms. The van der Waals surface area contributed by atoms with Crippen molar-refractivity contribution in [2.24, 2.45) is 11.8 Å². The number of carboxylic acids is 1. The predicted molar refractivity (Wildman–Crippen MR) is 130 cm³/mol. The van der Waals surface area contributed by atoms with Gasteiger partial charge in [-0.3, -0.25) is 14.4 Å². The van der Waals surface area contributed by atoms with Gasteiger partial charge < -0.3 is 25.2 Å². The van der Waals surface area contributed by atoms with Gasteiger partial charge in [0.25, 0.3) is 5.91 Å². The zero-order valence-corrected chi connectivity index (χ0v) is 21.9. The van der Waals surface area contributed by atoms with Gasteiger partial charge in [-0.2, -0.15) is 0 Å². The topological polar surface area (TPSA) is 129 Å². The van der Waals surface area contributed by atoms with Gasteiger partial charge in [0.1, 0.15) is 10.9 Å². The summed E-state index contributed by atoms with van der Waals surface area (Å²) in [6, 6.07) is -0.133. The molecule has 1 unspecified atom stereocenters. The van der Waals surface area contributed by atoms with Crippen LogP contribution in [0.25, 0.3) is 0 Å². The highest BCUT2D eigenvalue weighted by Crippen LogP contribution is 2.51. The van der Waals surface area contributed by atoms with Crippen LogP contribution >= 0.6 is 23.5 Å². The third-order valence-electron chi connectivity index (χ3n) is 6.63. The molecule has 0 aromatic rings. The van der Waals surface area contributed by atoms with Gasteiger partial charge >= 0.3 is 5.97 Å². The van der Waals surface area contributed by atoms with Gasteiger partial charge in [-0.25, -0.2) is 9.86 Å². The number of β-lactam (4-membered cyclic amide) rings is 1. The van der Waals surface area contributed by atoms with E-state index in [1.807, 2.05) is 13.8 Å². The lowest BCUT2D eigenvalue weighted by atomic mass is 9.79. The van der Waals surface area contributed by atoms with Crippen LogP contribution in [0.15, 0.2) is 10.6 Å². The largest absolute Gasteiger partial charge is 0.477 e. The summed E-state index contributed by atoms with van der Waals surface area (Å²) in [7, 11) is 3.04. The molecule has 2 fully saturated rings. The molecule has 10 nitrogen and oxygen atoms in total. The molecule has 0 saturated carbocycles. The van der Waals surface area contributed by atoms with Gasteiger partial charge in [0, 0.05) is 48.1 Å². The molecule has 34 heavy (non-hydrogen) atoms. The highest BCUT2D eigenvalue weighted by Gasteiger charge is 2.60. The van der Waals surface area contributed by atoms with Crippen molar-refractivity contribution in [3.63, 3.8) is 0 Å². The van der Waals surface area contributed by atoms with E-state index in [1.54, 1.807) is 14.0 Å². The molecule has 192 valence electrons. The highest BCUT2D eigenvalue weighted by atomic mass is 32.2. The number of aliphatic hydroxyl groups excluding tert-OH is 1. The maximum Gasteiger partial charge on any atom is 0.353 e. The van der Waals surface area contributed by atoms with Crippen LogP contribution in [-0.4, -0.2) is 106 Å². The Morgan fingerprint density at radius 1 is 1.35 bits per heavy atom. The molecule has 0 aromatic carbocycles. The summed E-state index contributed by atoms with van der Waals surface area (Å²) in [5.41, 5.74) is 0.0622. The van der Waals surface area contributed by atoms with Crippen molar-refractivity contribution < 1.29 is 34.2 Å². The first kappa shape index (κ1) is 27.3. The Morgan fingerprint density at radius 3 is 2.62 bits per heavy atom. The van der Waals surface area contributed by atoms with Crippen molar-refractivity contribution in [1.82, 2.24) is 15.3 Å². The lowest BCUT2D eigenvalue weighted by molar-refractivity contribution is -0.174. The van der Waals surface area contributed by atoms with Gasteiger partial charge in [0.05, 0.1) is 31.8 Å². The van der Waals surface area contributed by atoms with Crippen LogP contribution in [0.1, 0.15) is 27.2 Å². The Hall–Kier alpha value is -1.31. The smallest absolute Gasteiger partial charge is 0.353 e. The van der Waals surface area contributed by atoms with Crippen LogP contribution in [0.3, 0.4) is 0 Å². The fraction of sp³-hybridized carbons (Fsp3) is 0.773. The number of aliphatic carboxylic acids is 1. The van der Waals surface area contributed by atoms with Crippen LogP contribution < -0.4 is 5.32 Å². The molecule has 3 aliphatic heterocycles. The van der Waals surface area contributed by atoms with Crippen molar-refractivity contribution in [3.8, 4) is 0 Å². The number of methoxy groups -OCH3 is 1. The minimum Gasteiger partial charge on any atom is -0.477 e. The molecular weight excluding hydrogens is 482 g/mol. The summed E-state index contributed by atoms with van der Waals surface area (Å²) < 4.78 is 5.24. The molecule has 0 spiro atoms. The number of carbonyl (C=O) groups excluding carboxylic acids is 2. The average Bonchev–Trinajstić information content (AvgIpc) is 3.33. The van der Waals surface area contributed by atoms with Crippen LogP contribution in [0, 0.1) is 11.8 Å². The summed E-state index contributed by atoms with van der Waals surface area (Å²) in [5.74, 6) is -1.54. The van der Waals surface area contributed by atoms with Crippen LogP contribution in [0.4, 0.5) is 0 Å². The molecule has 0 aliphatic carbocycles. The second-order valence-corrected chi connectivity index (χ2v) is 11.4. The second-order valence-electron chi connectivity index (χ2n) is 8.85. The van der Waals surface area contributed by atoms with E-state index in [0.29, 0.717) is 23.7 Å². The van der Waals surface area contributed by atoms with Gasteiger partial charge in [-0.05, 0) is 20.3 Å². The van der Waals surface area contributed by atoms with E-state index in [0.717, 1.165) is 6.42 Å². The Morgan fingerprint density at radius 2 is 2.06 bits per heavy atom. The number of amides is 2. The first-order chi connectivity index (χ1) is 16.2. The van der Waals surface area contributed by atoms with Gasteiger partial charge in [0.2, 0.25) is 5.91 Å². The predicted octanol–water partition coefficient (Wildman–Crippen LogP) is 0.762. The van der Waals surface area contributed by atoms with Gasteiger partial charge in [0.15, 0.2) is 0 Å². The van der Waals surface area contributed by atoms with E-state index in [1.165, 1.54) is 40.6 Å². The number of hydroxylamine groups is 2. The fourth-order valence-corrected chi connectivity index (χ4v) is 7.70. The number of nitrogens with one attached hydrogen (secondary N) is 1. The molecule has 2 saturated heterocycles. The first-order valence-electron chi connectivity index (χ1n) is 11.5. The Balaban J connectivity index is 1.61. The molecule has 3 aliphatic rings. The molecule has 3 heterocycles. The normalized spacial score (nSPS) is 30.2. The number of nitrogens with zero attached hydrogens (tertiary/aromatic N) is 2. The number of hydrogen-bond acceptors (Lipinski definition) is 9. The standard InChI is InChI=1S/C22H35N3O7S2/c1-6-24(32-5)20(27)15(9-31-4)33-10-13-7-14(8-23-13)34-19-11(2)17-16(12(3)26)21(28)25(17)18(19)22(29)30/h11-17,23,26H,6-10H2,1-5H3,(H,29,30)/t11-,12-,13+,14+,15?,16-,17-/m1/s1. The number of ether oxygens (including phenoxy) is 1. The summed E-state index contributed by atoms with van der Waals surface area (Å²) in [6.07, 6.45) is 0.00386. The minimum atomic E-state index is -1.10. The third-order valence-corrected chi connectivity index (χ3v) is 9.48. The van der Waals surface area contributed by atoms with Crippen LogP contribution in [0.5, 0.6) is 0 Å². The van der Waals surface area contributed by atoms with E-state index in [4.69, 9.17) is 9.57 Å². The zero-order valence-electron chi connectivity index (χ0n) is 20.2. The fourth-order valence-electron chi connectivity index (χ4n) is 4.97. The van der Waals surface area contributed by atoms with Crippen molar-refractivity contribution in [2.45, 2.75) is 55.9 Å². The van der Waals surface area contributed by atoms with Crippen molar-refractivity contribution in [2.75, 3.05) is 39.7 Å². The highest BCUT2D eigenvalue weighted by molar-refractivity contribution is 8.03. The number of carboxylic acid groups (broad SMARTS) is 1. The maximum atomic E-state index is 12.7. The molecule has 0 bridgehead atoms. The van der Waals surface area contributed by atoms with E-state index < -0.39 is 18.0 Å². The number of aliphatic hydroxyl groups is 1. The third kappa shape index (κ3) is 5.26. The molecule has 3 N–H and O–H groups in total. The van der Waals surface area contributed by atoms with E-state index in [2.05, 4.69) is 5.32 Å². The number of carbonyl (C=O) groups is 3. The first-order valence-corrected chi connectivity index (χ1v) is 13.4. The van der Waals surface area contributed by atoms with Crippen LogP contribution in [0.2, 0.25) is 0 Å². The Bertz CT molecular complexity index is 820.